The number of nitrogens with two attached hydrogens (primary N) is 2. The average Bonchev–Trinajstić information content (AvgIpc) is 2.00. The molecule has 5 N–H and O–H groups in total. The first-order valence-electron chi connectivity index (χ1n) is 3.18. The molecule has 0 aromatic rings. The Morgan fingerprint density at radius 1 is 1.64 bits per heavy atom. The van der Waals surface area contributed by atoms with E-state index in [1.807, 2.05) is 0 Å². The minimum atomic E-state index is -1.31. The molecule has 0 unspecified atom stereocenters. The summed E-state index contributed by atoms with van der Waals surface area (Å²) in [6.07, 6.45) is 0.522. The van der Waals surface area contributed by atoms with Crippen LogP contribution in [-0.4, -0.2) is 29.4 Å². The Morgan fingerprint density at radius 3 is 2.45 bits per heavy atom. The van der Waals surface area contributed by atoms with Crippen molar-refractivity contribution in [2.45, 2.75) is 18.4 Å². The van der Waals surface area contributed by atoms with Crippen molar-refractivity contribution in [2.24, 2.45) is 11.5 Å². The molecular formula is C6H12N2O3. The number of amides is 1. The standard InChI is InChI=1S/C6H12N2O3/c7-5(11)1-2-6(8,3-9)4-10/h3,10H,1-2,4,8H2,(H2,7,11)/t6-/m1/s1. The molecule has 11 heavy (non-hydrogen) atoms. The highest BCUT2D eigenvalue weighted by molar-refractivity contribution is 5.75. The highest BCUT2D eigenvalue weighted by Crippen LogP contribution is 2.04. The van der Waals surface area contributed by atoms with Crippen molar-refractivity contribution in [1.82, 2.24) is 0 Å². The van der Waals surface area contributed by atoms with E-state index in [1.165, 1.54) is 0 Å². The van der Waals surface area contributed by atoms with Crippen LogP contribution in [0.4, 0.5) is 0 Å². The number of hydrogen-bond donors (Lipinski definition) is 3. The number of carbonyl (C=O) groups is 2. The third-order valence-corrected chi connectivity index (χ3v) is 1.37. The molecule has 0 radical (unpaired) electrons. The fourth-order valence-corrected chi connectivity index (χ4v) is 0.531. The fraction of sp³-hybridized carbons (Fsp3) is 0.667. The van der Waals surface area contributed by atoms with Gasteiger partial charge in [0.2, 0.25) is 5.91 Å². The molecule has 0 spiro atoms. The largest absolute Gasteiger partial charge is 0.394 e. The Morgan fingerprint density at radius 2 is 2.18 bits per heavy atom. The number of aliphatic hydroxyl groups is 1. The molecule has 0 aromatic carbocycles. The van der Waals surface area contributed by atoms with Gasteiger partial charge in [-0.1, -0.05) is 0 Å². The van der Waals surface area contributed by atoms with Gasteiger partial charge in [-0.3, -0.25) is 4.79 Å². The monoisotopic (exact) mass is 160 g/mol. The summed E-state index contributed by atoms with van der Waals surface area (Å²) in [6.45, 7) is -0.468. The lowest BCUT2D eigenvalue weighted by Crippen LogP contribution is -2.46. The number of aldehydes is 1. The molecule has 1 atom stereocenters. The predicted octanol–water partition coefficient (Wildman–Crippen LogP) is -1.86. The normalized spacial score (nSPS) is 15.5. The van der Waals surface area contributed by atoms with Crippen LogP contribution >= 0.6 is 0 Å². The molecule has 0 aromatic heterocycles. The molecule has 0 aliphatic carbocycles. The van der Waals surface area contributed by atoms with Gasteiger partial charge in [0, 0.05) is 6.42 Å². The minimum Gasteiger partial charge on any atom is -0.394 e. The smallest absolute Gasteiger partial charge is 0.217 e. The highest BCUT2D eigenvalue weighted by Gasteiger charge is 2.23. The second-order valence-corrected chi connectivity index (χ2v) is 2.48. The first kappa shape index (κ1) is 10.1. The molecule has 5 heteroatoms. The number of aliphatic hydroxyl groups excluding tert-OH is 1. The van der Waals surface area contributed by atoms with Crippen LogP contribution < -0.4 is 11.5 Å². The lowest BCUT2D eigenvalue weighted by molar-refractivity contribution is -0.119. The number of primary amides is 1. The highest BCUT2D eigenvalue weighted by atomic mass is 16.3. The molecule has 0 saturated heterocycles. The Hall–Kier alpha value is -0.940. The molecule has 0 heterocycles. The fourth-order valence-electron chi connectivity index (χ4n) is 0.531. The van der Waals surface area contributed by atoms with Crippen molar-refractivity contribution < 1.29 is 14.7 Å². The number of carbonyl (C=O) groups excluding carboxylic acids is 2. The van der Waals surface area contributed by atoms with Gasteiger partial charge in [0.1, 0.15) is 6.29 Å². The van der Waals surface area contributed by atoms with Crippen molar-refractivity contribution in [3.63, 3.8) is 0 Å². The lowest BCUT2D eigenvalue weighted by Gasteiger charge is -2.18. The van der Waals surface area contributed by atoms with Gasteiger partial charge >= 0.3 is 0 Å². The van der Waals surface area contributed by atoms with Gasteiger partial charge in [-0.2, -0.15) is 0 Å². The topological polar surface area (TPSA) is 106 Å². The molecule has 0 fully saturated rings. The molecular weight excluding hydrogens is 148 g/mol. The van der Waals surface area contributed by atoms with E-state index in [0.29, 0.717) is 6.29 Å². The second-order valence-electron chi connectivity index (χ2n) is 2.48. The van der Waals surface area contributed by atoms with Crippen molar-refractivity contribution in [3.05, 3.63) is 0 Å². The van der Waals surface area contributed by atoms with E-state index in [0.717, 1.165) is 0 Å². The van der Waals surface area contributed by atoms with Crippen LogP contribution in [0.1, 0.15) is 12.8 Å². The van der Waals surface area contributed by atoms with E-state index in [2.05, 4.69) is 0 Å². The average molecular weight is 160 g/mol. The van der Waals surface area contributed by atoms with E-state index in [4.69, 9.17) is 16.6 Å². The van der Waals surface area contributed by atoms with Crippen molar-refractivity contribution >= 4 is 12.2 Å². The Labute approximate surface area is 64.4 Å². The van der Waals surface area contributed by atoms with E-state index in [9.17, 15) is 9.59 Å². The zero-order chi connectivity index (χ0) is 8.91. The van der Waals surface area contributed by atoms with Crippen LogP contribution in [0.2, 0.25) is 0 Å². The molecule has 64 valence electrons. The SMILES string of the molecule is NC(=O)CC[C@@](N)(C=O)CO. The van der Waals surface area contributed by atoms with Crippen molar-refractivity contribution in [3.8, 4) is 0 Å². The van der Waals surface area contributed by atoms with Gasteiger partial charge in [0.25, 0.3) is 0 Å². The summed E-state index contributed by atoms with van der Waals surface area (Å²) in [6, 6.07) is 0. The van der Waals surface area contributed by atoms with E-state index in [1.54, 1.807) is 0 Å². The first-order chi connectivity index (χ1) is 5.04. The predicted molar refractivity (Wildman–Crippen MR) is 38.5 cm³/mol. The maximum Gasteiger partial charge on any atom is 0.217 e. The summed E-state index contributed by atoms with van der Waals surface area (Å²) in [5.74, 6) is -0.532. The quantitative estimate of drug-likeness (QED) is 0.410. The number of rotatable bonds is 5. The van der Waals surface area contributed by atoms with Crippen molar-refractivity contribution in [1.29, 1.82) is 0 Å². The Bertz CT molecular complexity index is 160. The molecule has 0 saturated carbocycles. The third-order valence-electron chi connectivity index (χ3n) is 1.37. The molecule has 1 amide bonds. The van der Waals surface area contributed by atoms with Gasteiger partial charge in [-0.15, -0.1) is 0 Å². The summed E-state index contributed by atoms with van der Waals surface area (Å²) in [7, 11) is 0. The van der Waals surface area contributed by atoms with E-state index in [-0.39, 0.29) is 12.8 Å². The van der Waals surface area contributed by atoms with Crippen LogP contribution in [0.15, 0.2) is 0 Å². The summed E-state index contributed by atoms with van der Waals surface area (Å²) in [4.78, 5) is 20.5. The van der Waals surface area contributed by atoms with Crippen LogP contribution in [0, 0.1) is 0 Å². The lowest BCUT2D eigenvalue weighted by atomic mass is 9.98. The van der Waals surface area contributed by atoms with Gasteiger partial charge < -0.3 is 21.4 Å². The summed E-state index contributed by atoms with van der Waals surface area (Å²) in [5.41, 5.74) is 8.83. The third kappa shape index (κ3) is 3.69. The molecule has 0 aliphatic rings. The zero-order valence-electron chi connectivity index (χ0n) is 6.12. The summed E-state index contributed by atoms with van der Waals surface area (Å²) < 4.78 is 0. The first-order valence-corrected chi connectivity index (χ1v) is 3.18. The van der Waals surface area contributed by atoms with Gasteiger partial charge in [-0.25, -0.2) is 0 Å². The maximum atomic E-state index is 10.2. The Balaban J connectivity index is 3.87. The number of hydrogen-bond acceptors (Lipinski definition) is 4. The van der Waals surface area contributed by atoms with Gasteiger partial charge in [0.15, 0.2) is 0 Å². The molecule has 5 nitrogen and oxygen atoms in total. The van der Waals surface area contributed by atoms with Crippen LogP contribution in [-0.2, 0) is 9.59 Å². The van der Waals surface area contributed by atoms with E-state index >= 15 is 0 Å². The maximum absolute atomic E-state index is 10.2. The zero-order valence-corrected chi connectivity index (χ0v) is 6.12. The summed E-state index contributed by atoms with van der Waals surface area (Å²) in [5, 5.41) is 8.59. The molecule has 0 aliphatic heterocycles. The van der Waals surface area contributed by atoms with E-state index < -0.39 is 18.1 Å². The van der Waals surface area contributed by atoms with Gasteiger partial charge in [-0.05, 0) is 6.42 Å². The molecule has 0 bridgehead atoms. The van der Waals surface area contributed by atoms with Gasteiger partial charge in [0.05, 0.1) is 12.1 Å². The summed E-state index contributed by atoms with van der Waals surface area (Å²) >= 11 is 0. The van der Waals surface area contributed by atoms with Crippen LogP contribution in [0.25, 0.3) is 0 Å². The van der Waals surface area contributed by atoms with Crippen molar-refractivity contribution in [2.75, 3.05) is 6.61 Å². The van der Waals surface area contributed by atoms with Crippen LogP contribution in [0.3, 0.4) is 0 Å². The minimum absolute atomic E-state index is 0.00972. The molecule has 0 rings (SSSR count). The Kier molecular flexibility index (Phi) is 3.70. The second kappa shape index (κ2) is 4.05. The van der Waals surface area contributed by atoms with Crippen LogP contribution in [0.5, 0.6) is 0 Å².